The Morgan fingerprint density at radius 1 is 0.909 bits per heavy atom. The predicted molar refractivity (Wildman–Crippen MR) is 48.2 cm³/mol. The van der Waals surface area contributed by atoms with Gasteiger partial charge in [-0.2, -0.15) is 0 Å². The van der Waals surface area contributed by atoms with Crippen molar-refractivity contribution < 1.29 is 15.9 Å². The van der Waals surface area contributed by atoms with Crippen LogP contribution in [0, 0.1) is 0 Å². The first-order valence-electron chi connectivity index (χ1n) is 3.07. The molecule has 0 aliphatic heterocycles. The van der Waals surface area contributed by atoms with Crippen LogP contribution >= 0.6 is 19.1 Å². The van der Waals surface area contributed by atoms with E-state index in [4.69, 9.17) is 30.5 Å². The van der Waals surface area contributed by atoms with Crippen molar-refractivity contribution in [3.63, 3.8) is 0 Å². The van der Waals surface area contributed by atoms with Gasteiger partial charge in [-0.05, 0) is 27.7 Å². The average Bonchev–Trinajstić information content (AvgIpc) is 1.60. The fourth-order valence-electron chi connectivity index (χ4n) is 0. The van der Waals surface area contributed by atoms with Crippen molar-refractivity contribution in [3.8, 4) is 0 Å². The Hall–Kier alpha value is 1.16. The van der Waals surface area contributed by atoms with Gasteiger partial charge >= 0.3 is 35.0 Å². The van der Waals surface area contributed by atoms with Gasteiger partial charge in [-0.3, -0.25) is 0 Å². The van der Waals surface area contributed by atoms with Gasteiger partial charge in [0, 0.05) is 11.1 Å². The maximum atomic E-state index is 5.69. The third kappa shape index (κ3) is 9.07. The van der Waals surface area contributed by atoms with Crippen molar-refractivity contribution in [2.75, 3.05) is 0 Å². The Kier molecular flexibility index (Phi) is 7.67. The standard InChI is InChI=1S/C6H16N2.2ClH.Pd/c1-5(2,7)6(3,4)8;;;/h7-8H2,1-4H3;2*1H;/q;;;+2/p-2. The van der Waals surface area contributed by atoms with Crippen LogP contribution in [0.15, 0.2) is 0 Å². The van der Waals surface area contributed by atoms with Crippen molar-refractivity contribution in [2.45, 2.75) is 38.8 Å². The minimum atomic E-state index is -0.285. The molecule has 0 aromatic rings. The first-order valence-corrected chi connectivity index (χ1v) is 7.07. The summed E-state index contributed by atoms with van der Waals surface area (Å²) >= 11 is -0.106. The molecule has 0 spiro atoms. The van der Waals surface area contributed by atoms with E-state index in [9.17, 15) is 0 Å². The second-order valence-corrected chi connectivity index (χ2v) is 5.85. The van der Waals surface area contributed by atoms with Crippen LogP contribution in [-0.4, -0.2) is 11.1 Å². The van der Waals surface area contributed by atoms with Crippen molar-refractivity contribution in [3.05, 3.63) is 0 Å². The van der Waals surface area contributed by atoms with Gasteiger partial charge in [-0.25, -0.2) is 0 Å². The van der Waals surface area contributed by atoms with E-state index in [0.717, 1.165) is 0 Å². The SMILES string of the molecule is CC(C)(N)C(C)(C)N.[Cl][Pd][Cl]. The first kappa shape index (κ1) is 14.7. The summed E-state index contributed by atoms with van der Waals surface area (Å²) in [7, 11) is 9.63. The fraction of sp³-hybridized carbons (Fsp3) is 1.00. The van der Waals surface area contributed by atoms with Crippen LogP contribution in [0.1, 0.15) is 27.7 Å². The number of hydrogen-bond donors (Lipinski definition) is 2. The van der Waals surface area contributed by atoms with Crippen LogP contribution in [0.4, 0.5) is 0 Å². The summed E-state index contributed by atoms with van der Waals surface area (Å²) in [6.45, 7) is 7.69. The Bertz CT molecular complexity index is 83.7. The Morgan fingerprint density at radius 3 is 1.00 bits per heavy atom. The second-order valence-electron chi connectivity index (χ2n) is 3.49. The van der Waals surface area contributed by atoms with Crippen molar-refractivity contribution in [1.29, 1.82) is 0 Å². The van der Waals surface area contributed by atoms with E-state index in [-0.39, 0.29) is 27.0 Å². The van der Waals surface area contributed by atoms with E-state index in [0.29, 0.717) is 0 Å². The molecular weight excluding hydrogens is 277 g/mol. The molecule has 0 fully saturated rings. The molecule has 11 heavy (non-hydrogen) atoms. The Balaban J connectivity index is 0. The zero-order valence-corrected chi connectivity index (χ0v) is 10.3. The number of hydrogen-bond acceptors (Lipinski definition) is 2. The summed E-state index contributed by atoms with van der Waals surface area (Å²) in [5, 5.41) is 0. The first-order chi connectivity index (χ1) is 4.66. The zero-order chi connectivity index (χ0) is 9.71. The van der Waals surface area contributed by atoms with Gasteiger partial charge in [-0.15, -0.1) is 0 Å². The summed E-state index contributed by atoms with van der Waals surface area (Å²) in [4.78, 5) is 0. The number of rotatable bonds is 1. The molecular formula is C6H16Cl2N2Pd. The van der Waals surface area contributed by atoms with E-state index >= 15 is 0 Å². The van der Waals surface area contributed by atoms with E-state index in [2.05, 4.69) is 0 Å². The third-order valence-electron chi connectivity index (χ3n) is 1.66. The summed E-state index contributed by atoms with van der Waals surface area (Å²) in [6.07, 6.45) is 0. The van der Waals surface area contributed by atoms with Gasteiger partial charge < -0.3 is 11.5 Å². The quantitative estimate of drug-likeness (QED) is 0.725. The summed E-state index contributed by atoms with van der Waals surface area (Å²) < 4.78 is 0. The zero-order valence-electron chi connectivity index (χ0n) is 7.23. The molecule has 0 atom stereocenters. The van der Waals surface area contributed by atoms with Crippen LogP contribution in [0.2, 0.25) is 0 Å². The molecule has 0 aliphatic rings. The molecule has 2 nitrogen and oxygen atoms in total. The van der Waals surface area contributed by atoms with E-state index < -0.39 is 0 Å². The van der Waals surface area contributed by atoms with Gasteiger partial charge in [0.25, 0.3) is 0 Å². The Morgan fingerprint density at radius 2 is 1.00 bits per heavy atom. The van der Waals surface area contributed by atoms with Crippen LogP contribution in [0.3, 0.4) is 0 Å². The molecule has 0 aliphatic carbocycles. The second kappa shape index (κ2) is 5.75. The van der Waals surface area contributed by atoms with Gasteiger partial charge in [-0.1, -0.05) is 0 Å². The summed E-state index contributed by atoms with van der Waals surface area (Å²) in [5.41, 5.74) is 10.8. The third-order valence-corrected chi connectivity index (χ3v) is 1.66. The van der Waals surface area contributed by atoms with E-state index in [1.54, 1.807) is 0 Å². The molecule has 0 saturated carbocycles. The molecule has 5 heteroatoms. The predicted octanol–water partition coefficient (Wildman–Crippen LogP) is 1.84. The molecule has 0 saturated heterocycles. The fourth-order valence-corrected chi connectivity index (χ4v) is 0. The van der Waals surface area contributed by atoms with Gasteiger partial charge in [0.05, 0.1) is 0 Å². The molecule has 74 valence electrons. The maximum absolute atomic E-state index is 5.69. The van der Waals surface area contributed by atoms with Crippen LogP contribution < -0.4 is 11.5 Å². The van der Waals surface area contributed by atoms with E-state index in [1.807, 2.05) is 27.7 Å². The average molecular weight is 294 g/mol. The topological polar surface area (TPSA) is 52.0 Å². The number of halogens is 2. The van der Waals surface area contributed by atoms with Gasteiger partial charge in [0.2, 0.25) is 0 Å². The molecule has 0 unspecified atom stereocenters. The van der Waals surface area contributed by atoms with Crippen LogP contribution in [0.5, 0.6) is 0 Å². The minimum absolute atomic E-state index is 0.106. The normalized spacial score (nSPS) is 12.4. The van der Waals surface area contributed by atoms with Crippen LogP contribution in [0.25, 0.3) is 0 Å². The molecule has 0 heterocycles. The van der Waals surface area contributed by atoms with Crippen molar-refractivity contribution in [1.82, 2.24) is 0 Å². The van der Waals surface area contributed by atoms with Crippen LogP contribution in [-0.2, 0) is 15.9 Å². The summed E-state index contributed by atoms with van der Waals surface area (Å²) in [6, 6.07) is 0. The monoisotopic (exact) mass is 292 g/mol. The summed E-state index contributed by atoms with van der Waals surface area (Å²) in [5.74, 6) is 0. The van der Waals surface area contributed by atoms with Gasteiger partial charge in [0.1, 0.15) is 0 Å². The Labute approximate surface area is 85.1 Å². The molecule has 0 radical (unpaired) electrons. The van der Waals surface area contributed by atoms with E-state index in [1.165, 1.54) is 0 Å². The molecule has 0 rings (SSSR count). The molecule has 0 amide bonds. The molecule has 0 bridgehead atoms. The molecule has 0 aromatic heterocycles. The molecule has 0 aromatic carbocycles. The number of nitrogens with two attached hydrogens (primary N) is 2. The van der Waals surface area contributed by atoms with Gasteiger partial charge in [0.15, 0.2) is 0 Å². The van der Waals surface area contributed by atoms with Crippen molar-refractivity contribution in [2.24, 2.45) is 11.5 Å². The molecule has 4 N–H and O–H groups in total. The van der Waals surface area contributed by atoms with Crippen molar-refractivity contribution >= 4 is 19.1 Å².